The van der Waals surface area contributed by atoms with Crippen molar-refractivity contribution in [3.63, 3.8) is 0 Å². The molecule has 0 radical (unpaired) electrons. The summed E-state index contributed by atoms with van der Waals surface area (Å²) in [5, 5.41) is 17.2. The van der Waals surface area contributed by atoms with Gasteiger partial charge in [0.1, 0.15) is 11.5 Å². The van der Waals surface area contributed by atoms with Crippen LogP contribution in [0.5, 0.6) is 0 Å². The van der Waals surface area contributed by atoms with Crippen molar-refractivity contribution in [2.45, 2.75) is 65.9 Å². The van der Waals surface area contributed by atoms with E-state index in [4.69, 9.17) is 10.1 Å². The maximum atomic E-state index is 13.8. The van der Waals surface area contributed by atoms with E-state index in [1.165, 1.54) is 6.07 Å². The second-order valence-corrected chi connectivity index (χ2v) is 9.26. The van der Waals surface area contributed by atoms with E-state index in [9.17, 15) is 9.50 Å². The molecule has 1 aromatic carbocycles. The highest BCUT2D eigenvalue weighted by Crippen LogP contribution is 2.41. The first-order valence-corrected chi connectivity index (χ1v) is 11.4. The van der Waals surface area contributed by atoms with Gasteiger partial charge in [-0.05, 0) is 68.8 Å². The molecule has 0 saturated heterocycles. The molecule has 4 rings (SSSR count). The van der Waals surface area contributed by atoms with E-state index in [1.807, 2.05) is 37.4 Å². The van der Waals surface area contributed by atoms with E-state index in [2.05, 4.69) is 13.8 Å². The second-order valence-electron chi connectivity index (χ2n) is 8.21. The number of imidazole rings is 1. The van der Waals surface area contributed by atoms with E-state index in [0.29, 0.717) is 18.5 Å². The summed E-state index contributed by atoms with van der Waals surface area (Å²) in [6.45, 7) is 10.1. The minimum Gasteiger partial charge on any atom is -0.385 e. The number of nitrogens with zero attached hydrogens (tertiary/aromatic N) is 3. The summed E-state index contributed by atoms with van der Waals surface area (Å²) < 4.78 is 16.8. The first kappa shape index (κ1) is 20.9. The van der Waals surface area contributed by atoms with E-state index < -0.39 is 5.60 Å². The van der Waals surface area contributed by atoms with Crippen molar-refractivity contribution in [2.75, 3.05) is 0 Å². The Bertz CT molecular complexity index is 1230. The lowest BCUT2D eigenvalue weighted by Crippen LogP contribution is -2.27. The molecule has 0 spiro atoms. The highest BCUT2D eigenvalue weighted by Gasteiger charge is 2.32. The smallest absolute Gasteiger partial charge is 0.160 e. The third-order valence-electron chi connectivity index (χ3n) is 5.82. The molecule has 0 atom stereocenters. The molecule has 158 valence electrons. The van der Waals surface area contributed by atoms with Gasteiger partial charge >= 0.3 is 0 Å². The van der Waals surface area contributed by atoms with Crippen molar-refractivity contribution in [1.82, 2.24) is 14.6 Å². The lowest BCUT2D eigenvalue weighted by molar-refractivity contribution is 0.0177. The highest BCUT2D eigenvalue weighted by atomic mass is 32.1. The zero-order chi connectivity index (χ0) is 21.6. The Morgan fingerprint density at radius 1 is 1.10 bits per heavy atom. The molecule has 3 aromatic heterocycles. The zero-order valence-corrected chi connectivity index (χ0v) is 19.0. The van der Waals surface area contributed by atoms with Crippen LogP contribution in [0.25, 0.3) is 26.3 Å². The van der Waals surface area contributed by atoms with Gasteiger partial charge in [0.15, 0.2) is 5.65 Å². The van der Waals surface area contributed by atoms with Crippen molar-refractivity contribution in [2.24, 2.45) is 0 Å². The molecule has 0 bridgehead atoms. The van der Waals surface area contributed by atoms with Crippen LogP contribution in [0, 0.1) is 26.6 Å². The predicted molar refractivity (Wildman–Crippen MR) is 122 cm³/mol. The third-order valence-corrected chi connectivity index (χ3v) is 7.10. The average Bonchev–Trinajstić information content (AvgIpc) is 3.17. The molecule has 0 fully saturated rings. The zero-order valence-electron chi connectivity index (χ0n) is 18.2. The molecule has 0 amide bonds. The molecule has 0 saturated carbocycles. The minimum atomic E-state index is -0.925. The highest BCUT2D eigenvalue weighted by molar-refractivity contribution is 7.22. The number of thiophene rings is 1. The van der Waals surface area contributed by atoms with Gasteiger partial charge in [-0.2, -0.15) is 5.10 Å². The Labute approximate surface area is 180 Å². The van der Waals surface area contributed by atoms with Crippen molar-refractivity contribution in [1.29, 1.82) is 0 Å². The molecule has 30 heavy (non-hydrogen) atoms. The molecular weight excluding hydrogens is 397 g/mol. The Balaban J connectivity index is 2.01. The van der Waals surface area contributed by atoms with Crippen LogP contribution in [0.15, 0.2) is 24.3 Å². The van der Waals surface area contributed by atoms with Gasteiger partial charge in [0.25, 0.3) is 0 Å². The van der Waals surface area contributed by atoms with Gasteiger partial charge < -0.3 is 5.11 Å². The van der Waals surface area contributed by atoms with Gasteiger partial charge in [-0.1, -0.05) is 26.7 Å². The predicted octanol–water partition coefficient (Wildman–Crippen LogP) is 6.46. The Morgan fingerprint density at radius 2 is 1.80 bits per heavy atom. The van der Waals surface area contributed by atoms with E-state index in [1.54, 1.807) is 17.4 Å². The number of aliphatic hydroxyl groups is 1. The number of rotatable bonds is 6. The number of aromatic nitrogens is 3. The summed E-state index contributed by atoms with van der Waals surface area (Å²) in [4.78, 5) is 5.90. The Morgan fingerprint density at radius 3 is 2.47 bits per heavy atom. The monoisotopic (exact) mass is 425 g/mol. The first-order valence-electron chi connectivity index (χ1n) is 10.6. The van der Waals surface area contributed by atoms with Crippen molar-refractivity contribution in [3.05, 3.63) is 52.6 Å². The maximum Gasteiger partial charge on any atom is 0.160 e. The van der Waals surface area contributed by atoms with E-state index in [-0.39, 0.29) is 5.82 Å². The van der Waals surface area contributed by atoms with Crippen molar-refractivity contribution in [3.8, 4) is 10.6 Å². The number of hydrogen-bond acceptors (Lipinski definition) is 4. The lowest BCUT2D eigenvalue weighted by Gasteiger charge is -2.28. The van der Waals surface area contributed by atoms with Crippen LogP contribution in [0.2, 0.25) is 0 Å². The first-order chi connectivity index (χ1) is 14.3. The molecule has 4 nitrogen and oxygen atoms in total. The molecule has 0 aliphatic rings. The fourth-order valence-electron chi connectivity index (χ4n) is 4.49. The summed E-state index contributed by atoms with van der Waals surface area (Å²) in [6, 6.07) is 6.90. The van der Waals surface area contributed by atoms with Gasteiger partial charge in [0, 0.05) is 10.3 Å². The molecule has 0 aliphatic heterocycles. The topological polar surface area (TPSA) is 50.4 Å². The standard InChI is InChI=1S/C24H28FN3OS/c1-6-10-24(29,11-7-2)19-12-14(3)27-28-21(16(5)26-23(19)28)22-15(4)18-13-17(25)8-9-20(18)30-22/h8-9,12-13,29H,6-7,10-11H2,1-5H3. The Kier molecular flexibility index (Phi) is 5.41. The van der Waals surface area contributed by atoms with Crippen LogP contribution in [-0.2, 0) is 5.60 Å². The van der Waals surface area contributed by atoms with Gasteiger partial charge in [-0.15, -0.1) is 11.3 Å². The molecule has 6 heteroatoms. The van der Waals surface area contributed by atoms with Crippen LogP contribution in [0.3, 0.4) is 0 Å². The minimum absolute atomic E-state index is 0.231. The van der Waals surface area contributed by atoms with Gasteiger partial charge in [-0.25, -0.2) is 13.9 Å². The van der Waals surface area contributed by atoms with E-state index in [0.717, 1.165) is 56.0 Å². The average molecular weight is 426 g/mol. The summed E-state index contributed by atoms with van der Waals surface area (Å²) in [5.41, 5.74) is 4.28. The van der Waals surface area contributed by atoms with Crippen LogP contribution in [0.4, 0.5) is 4.39 Å². The summed E-state index contributed by atoms with van der Waals surface area (Å²) in [7, 11) is 0. The normalized spacial score (nSPS) is 12.4. The second kappa shape index (κ2) is 7.75. The molecule has 3 heterocycles. The third kappa shape index (κ3) is 3.32. The summed E-state index contributed by atoms with van der Waals surface area (Å²) in [6.07, 6.45) is 3.14. The van der Waals surface area contributed by atoms with Crippen molar-refractivity contribution >= 4 is 27.1 Å². The number of benzene rings is 1. The number of hydrogen-bond donors (Lipinski definition) is 1. The fourth-order valence-corrected chi connectivity index (χ4v) is 5.77. The molecule has 0 aliphatic carbocycles. The SMILES string of the molecule is CCCC(O)(CCC)c1cc(C)nn2c(-c3sc4ccc(F)cc4c3C)c(C)nc12. The lowest BCUT2D eigenvalue weighted by atomic mass is 9.85. The Hall–Kier alpha value is -2.31. The summed E-state index contributed by atoms with van der Waals surface area (Å²) in [5.74, 6) is -0.231. The largest absolute Gasteiger partial charge is 0.385 e. The molecule has 0 unspecified atom stereocenters. The van der Waals surface area contributed by atoms with Crippen LogP contribution < -0.4 is 0 Å². The molecule has 4 aromatic rings. The molecular formula is C24H28FN3OS. The van der Waals surface area contributed by atoms with E-state index >= 15 is 0 Å². The van der Waals surface area contributed by atoms with Crippen LogP contribution in [-0.4, -0.2) is 19.7 Å². The number of fused-ring (bicyclic) bond motifs is 2. The number of halogens is 1. The number of aryl methyl sites for hydroxylation is 3. The van der Waals surface area contributed by atoms with Gasteiger partial charge in [0.05, 0.1) is 21.9 Å². The summed E-state index contributed by atoms with van der Waals surface area (Å²) >= 11 is 1.63. The van der Waals surface area contributed by atoms with Gasteiger partial charge in [-0.3, -0.25) is 0 Å². The van der Waals surface area contributed by atoms with Crippen molar-refractivity contribution < 1.29 is 9.50 Å². The maximum absolute atomic E-state index is 13.8. The quantitative estimate of drug-likeness (QED) is 0.385. The molecule has 1 N–H and O–H groups in total. The van der Waals surface area contributed by atoms with Crippen LogP contribution >= 0.6 is 11.3 Å². The van der Waals surface area contributed by atoms with Gasteiger partial charge in [0.2, 0.25) is 0 Å². The van der Waals surface area contributed by atoms with Crippen LogP contribution in [0.1, 0.15) is 62.0 Å². The fraction of sp³-hybridized carbons (Fsp3) is 0.417.